The van der Waals surface area contributed by atoms with Crippen molar-refractivity contribution in [1.82, 2.24) is 10.3 Å². The van der Waals surface area contributed by atoms with E-state index in [0.29, 0.717) is 23.7 Å². The van der Waals surface area contributed by atoms with Gasteiger partial charge in [-0.25, -0.2) is 0 Å². The van der Waals surface area contributed by atoms with Crippen molar-refractivity contribution in [3.63, 3.8) is 0 Å². The summed E-state index contributed by atoms with van der Waals surface area (Å²) < 4.78 is 0. The molecule has 2 heterocycles. The number of benzene rings is 1. The van der Waals surface area contributed by atoms with Gasteiger partial charge in [0, 0.05) is 22.9 Å². The number of anilines is 1. The van der Waals surface area contributed by atoms with E-state index in [1.807, 2.05) is 0 Å². The van der Waals surface area contributed by atoms with Gasteiger partial charge in [0.05, 0.1) is 0 Å². The fourth-order valence-electron chi connectivity index (χ4n) is 2.68. The Labute approximate surface area is 143 Å². The van der Waals surface area contributed by atoms with Gasteiger partial charge in [-0.2, -0.15) is 0 Å². The summed E-state index contributed by atoms with van der Waals surface area (Å²) in [6, 6.07) is 9.40. The minimum Gasteiger partial charge on any atom is -0.340 e. The van der Waals surface area contributed by atoms with Crippen molar-refractivity contribution in [3.05, 3.63) is 63.0 Å². The molecule has 2 amide bonds. The van der Waals surface area contributed by atoms with E-state index in [0.717, 1.165) is 5.69 Å². The topological polar surface area (TPSA) is 82.3 Å². The fraction of sp³-hybridized carbons (Fsp3) is 0.235. The highest BCUT2D eigenvalue weighted by molar-refractivity contribution is 6.30. The molecule has 6 nitrogen and oxygen atoms in total. The molecule has 3 rings (SSSR count). The summed E-state index contributed by atoms with van der Waals surface area (Å²) in [5, 5.41) is 3.23. The highest BCUT2D eigenvalue weighted by Crippen LogP contribution is 2.23. The molecule has 1 aromatic heterocycles. The van der Waals surface area contributed by atoms with Crippen LogP contribution in [0.2, 0.25) is 5.02 Å². The summed E-state index contributed by atoms with van der Waals surface area (Å²) in [5.41, 5.74) is 0.933. The zero-order chi connectivity index (χ0) is 17.3. The molecule has 1 atom stereocenters. The molecule has 0 saturated carbocycles. The molecule has 1 saturated heterocycles. The van der Waals surface area contributed by atoms with E-state index in [4.69, 9.17) is 11.6 Å². The van der Waals surface area contributed by atoms with Crippen molar-refractivity contribution in [2.75, 3.05) is 11.4 Å². The molecule has 24 heavy (non-hydrogen) atoms. The van der Waals surface area contributed by atoms with Crippen LogP contribution in [0.4, 0.5) is 5.69 Å². The molecular formula is C17H16ClN3O3. The summed E-state index contributed by atoms with van der Waals surface area (Å²) >= 11 is 5.85. The number of rotatable bonds is 3. The van der Waals surface area contributed by atoms with Crippen molar-refractivity contribution >= 4 is 29.1 Å². The highest BCUT2D eigenvalue weighted by atomic mass is 35.5. The lowest BCUT2D eigenvalue weighted by Gasteiger charge is -2.17. The predicted molar refractivity (Wildman–Crippen MR) is 91.5 cm³/mol. The Bertz CT molecular complexity index is 845. The van der Waals surface area contributed by atoms with Gasteiger partial charge in [-0.15, -0.1) is 0 Å². The number of amides is 2. The Hall–Kier alpha value is -2.60. The maximum atomic E-state index is 12.5. The van der Waals surface area contributed by atoms with E-state index in [1.54, 1.807) is 42.2 Å². The van der Waals surface area contributed by atoms with Crippen LogP contribution in [0, 0.1) is 6.92 Å². The van der Waals surface area contributed by atoms with Crippen molar-refractivity contribution in [1.29, 1.82) is 0 Å². The molecule has 1 aromatic carbocycles. The second-order valence-electron chi connectivity index (χ2n) is 5.67. The fourth-order valence-corrected chi connectivity index (χ4v) is 2.80. The van der Waals surface area contributed by atoms with Gasteiger partial charge in [-0.05, 0) is 49.7 Å². The Balaban J connectivity index is 1.72. The molecule has 1 unspecified atom stereocenters. The second kappa shape index (κ2) is 6.49. The van der Waals surface area contributed by atoms with Crippen LogP contribution in [-0.4, -0.2) is 29.4 Å². The number of aromatic amines is 1. The monoisotopic (exact) mass is 345 g/mol. The van der Waals surface area contributed by atoms with Crippen molar-refractivity contribution < 1.29 is 9.59 Å². The van der Waals surface area contributed by atoms with Crippen LogP contribution in [-0.2, 0) is 4.79 Å². The lowest BCUT2D eigenvalue weighted by atomic mass is 10.2. The van der Waals surface area contributed by atoms with Gasteiger partial charge < -0.3 is 15.2 Å². The maximum Gasteiger partial charge on any atom is 0.260 e. The molecule has 2 N–H and O–H groups in total. The quantitative estimate of drug-likeness (QED) is 0.891. The summed E-state index contributed by atoms with van der Waals surface area (Å²) in [5.74, 6) is -0.748. The summed E-state index contributed by atoms with van der Waals surface area (Å²) in [6.45, 7) is 2.23. The number of aryl methyl sites for hydroxylation is 1. The lowest BCUT2D eigenvalue weighted by Crippen LogP contribution is -2.43. The number of aromatic nitrogens is 1. The van der Waals surface area contributed by atoms with E-state index in [1.165, 1.54) is 6.07 Å². The Morgan fingerprint density at radius 3 is 2.58 bits per heavy atom. The van der Waals surface area contributed by atoms with Crippen molar-refractivity contribution in [2.24, 2.45) is 0 Å². The Kier molecular flexibility index (Phi) is 4.40. The Morgan fingerprint density at radius 2 is 1.92 bits per heavy atom. The number of H-pyrrole nitrogens is 1. The normalized spacial score (nSPS) is 17.2. The average Bonchev–Trinajstić information content (AvgIpc) is 2.89. The smallest absolute Gasteiger partial charge is 0.260 e. The standard InChI is InChI=1S/C17H16ClN3O3/c1-10-2-7-13(15(22)19-10)16(23)20-14-8-9-21(17(14)24)12-5-3-11(18)4-6-12/h2-7,14H,8-9H2,1H3,(H,19,22)(H,20,23). The molecule has 1 aliphatic heterocycles. The van der Waals surface area contributed by atoms with Crippen LogP contribution in [0.25, 0.3) is 0 Å². The molecule has 0 spiro atoms. The van der Waals surface area contributed by atoms with Gasteiger partial charge in [0.2, 0.25) is 5.91 Å². The zero-order valence-corrected chi connectivity index (χ0v) is 13.8. The first-order valence-corrected chi connectivity index (χ1v) is 7.91. The first-order chi connectivity index (χ1) is 11.5. The molecule has 2 aromatic rings. The second-order valence-corrected chi connectivity index (χ2v) is 6.10. The van der Waals surface area contributed by atoms with Crippen LogP contribution in [0.3, 0.4) is 0 Å². The molecule has 0 aliphatic carbocycles. The molecule has 1 fully saturated rings. The first kappa shape index (κ1) is 16.3. The molecule has 1 aliphatic rings. The maximum absolute atomic E-state index is 12.5. The van der Waals surface area contributed by atoms with E-state index in [9.17, 15) is 14.4 Å². The number of nitrogens with zero attached hydrogens (tertiary/aromatic N) is 1. The molecular weight excluding hydrogens is 330 g/mol. The van der Waals surface area contributed by atoms with Gasteiger partial charge in [0.15, 0.2) is 0 Å². The Morgan fingerprint density at radius 1 is 1.21 bits per heavy atom. The third-order valence-corrected chi connectivity index (χ3v) is 4.20. The minimum absolute atomic E-state index is 0.00153. The van der Waals surface area contributed by atoms with Gasteiger partial charge in [-0.1, -0.05) is 11.6 Å². The van der Waals surface area contributed by atoms with Crippen molar-refractivity contribution in [2.45, 2.75) is 19.4 Å². The average molecular weight is 346 g/mol. The van der Waals surface area contributed by atoms with Crippen LogP contribution in [0.1, 0.15) is 22.5 Å². The summed E-state index contributed by atoms with van der Waals surface area (Å²) in [4.78, 5) is 40.7. The number of hydrogen-bond acceptors (Lipinski definition) is 3. The van der Waals surface area contributed by atoms with E-state index in [2.05, 4.69) is 10.3 Å². The van der Waals surface area contributed by atoms with E-state index in [-0.39, 0.29) is 11.5 Å². The molecule has 0 radical (unpaired) electrons. The summed E-state index contributed by atoms with van der Waals surface area (Å²) in [6.07, 6.45) is 0.483. The third kappa shape index (κ3) is 3.19. The van der Waals surface area contributed by atoms with Crippen molar-refractivity contribution in [3.8, 4) is 0 Å². The molecule has 7 heteroatoms. The molecule has 124 valence electrons. The number of nitrogens with one attached hydrogen (secondary N) is 2. The minimum atomic E-state index is -0.645. The number of hydrogen-bond donors (Lipinski definition) is 2. The predicted octanol–water partition coefficient (Wildman–Crippen LogP) is 1.87. The van der Waals surface area contributed by atoms with Crippen LogP contribution >= 0.6 is 11.6 Å². The van der Waals surface area contributed by atoms with Gasteiger partial charge >= 0.3 is 0 Å². The van der Waals surface area contributed by atoms with Crippen LogP contribution in [0.5, 0.6) is 0 Å². The van der Waals surface area contributed by atoms with Gasteiger partial charge in [0.25, 0.3) is 11.5 Å². The van der Waals surface area contributed by atoms with E-state index < -0.39 is 17.5 Å². The number of halogens is 1. The van der Waals surface area contributed by atoms with Crippen LogP contribution < -0.4 is 15.8 Å². The number of pyridine rings is 1. The van der Waals surface area contributed by atoms with Crippen LogP contribution in [0.15, 0.2) is 41.2 Å². The zero-order valence-electron chi connectivity index (χ0n) is 13.0. The van der Waals surface area contributed by atoms with Gasteiger partial charge in [-0.3, -0.25) is 14.4 Å². The molecule has 0 bridgehead atoms. The highest BCUT2D eigenvalue weighted by Gasteiger charge is 2.34. The first-order valence-electron chi connectivity index (χ1n) is 7.53. The van der Waals surface area contributed by atoms with Gasteiger partial charge in [0.1, 0.15) is 11.6 Å². The number of carbonyl (C=O) groups is 2. The largest absolute Gasteiger partial charge is 0.340 e. The SMILES string of the molecule is Cc1ccc(C(=O)NC2CCN(c3ccc(Cl)cc3)C2=O)c(=O)[nH]1. The summed E-state index contributed by atoms with van der Waals surface area (Å²) in [7, 11) is 0. The lowest BCUT2D eigenvalue weighted by molar-refractivity contribution is -0.118. The third-order valence-electron chi connectivity index (χ3n) is 3.95. The van der Waals surface area contributed by atoms with E-state index >= 15 is 0 Å². The number of carbonyl (C=O) groups excluding carboxylic acids is 2.